The molecular formula is C13H12F2N4O2. The maximum atomic E-state index is 13.8. The zero-order valence-electron chi connectivity index (χ0n) is 11.1. The highest BCUT2D eigenvalue weighted by atomic mass is 19.1. The van der Waals surface area contributed by atoms with Crippen LogP contribution in [0, 0.1) is 21.7 Å². The Labute approximate surface area is 119 Å². The van der Waals surface area contributed by atoms with E-state index in [-0.39, 0.29) is 17.1 Å². The standard InChI is InChI=1S/C13H12F2N4O2/c1-2-5-16-13-12(19(20)21)11(17-7-18-13)9-6-8(14)3-4-10(9)15/h3-4,6-7H,2,5H2,1H3,(H,16,17,18). The maximum Gasteiger partial charge on any atom is 0.337 e. The Morgan fingerprint density at radius 3 is 2.76 bits per heavy atom. The Kier molecular flexibility index (Phi) is 4.36. The van der Waals surface area contributed by atoms with Gasteiger partial charge in [-0.05, 0) is 24.6 Å². The van der Waals surface area contributed by atoms with Crippen molar-refractivity contribution in [1.29, 1.82) is 0 Å². The summed E-state index contributed by atoms with van der Waals surface area (Å²) < 4.78 is 27.1. The Hall–Kier alpha value is -2.64. The first kappa shape index (κ1) is 14.8. The van der Waals surface area contributed by atoms with Crippen LogP contribution in [0.4, 0.5) is 20.3 Å². The van der Waals surface area contributed by atoms with Gasteiger partial charge in [-0.15, -0.1) is 0 Å². The van der Waals surface area contributed by atoms with Crippen molar-refractivity contribution in [1.82, 2.24) is 9.97 Å². The summed E-state index contributed by atoms with van der Waals surface area (Å²) in [4.78, 5) is 18.1. The summed E-state index contributed by atoms with van der Waals surface area (Å²) in [6, 6.07) is 2.70. The highest BCUT2D eigenvalue weighted by molar-refractivity contribution is 5.76. The predicted molar refractivity (Wildman–Crippen MR) is 72.8 cm³/mol. The van der Waals surface area contributed by atoms with E-state index in [0.29, 0.717) is 6.54 Å². The van der Waals surface area contributed by atoms with Crippen LogP contribution in [0.1, 0.15) is 13.3 Å². The summed E-state index contributed by atoms with van der Waals surface area (Å²) in [6.07, 6.45) is 1.80. The van der Waals surface area contributed by atoms with Crippen LogP contribution in [0.25, 0.3) is 11.3 Å². The molecule has 0 aliphatic rings. The predicted octanol–water partition coefficient (Wildman–Crippen LogP) is 3.15. The van der Waals surface area contributed by atoms with Gasteiger partial charge in [0.1, 0.15) is 18.0 Å². The number of nitrogens with one attached hydrogen (secondary N) is 1. The van der Waals surface area contributed by atoms with Crippen LogP contribution in [-0.2, 0) is 0 Å². The van der Waals surface area contributed by atoms with Crippen molar-refractivity contribution >= 4 is 11.5 Å². The van der Waals surface area contributed by atoms with Gasteiger partial charge in [0, 0.05) is 12.1 Å². The first-order valence-electron chi connectivity index (χ1n) is 6.23. The minimum Gasteiger partial charge on any atom is -0.364 e. The van der Waals surface area contributed by atoms with Gasteiger partial charge < -0.3 is 5.32 Å². The lowest BCUT2D eigenvalue weighted by Gasteiger charge is -2.08. The van der Waals surface area contributed by atoms with Crippen LogP contribution in [0.3, 0.4) is 0 Å². The van der Waals surface area contributed by atoms with Crippen molar-refractivity contribution in [2.75, 3.05) is 11.9 Å². The fraction of sp³-hybridized carbons (Fsp3) is 0.231. The van der Waals surface area contributed by atoms with Crippen molar-refractivity contribution in [3.63, 3.8) is 0 Å². The van der Waals surface area contributed by atoms with E-state index in [4.69, 9.17) is 0 Å². The van der Waals surface area contributed by atoms with Crippen LogP contribution in [0.5, 0.6) is 0 Å². The third-order valence-corrected chi connectivity index (χ3v) is 2.73. The van der Waals surface area contributed by atoms with Gasteiger partial charge in [0.2, 0.25) is 5.82 Å². The molecule has 0 atom stereocenters. The second-order valence-electron chi connectivity index (χ2n) is 4.23. The summed E-state index contributed by atoms with van der Waals surface area (Å²) in [6.45, 7) is 2.34. The summed E-state index contributed by atoms with van der Waals surface area (Å²) in [5.74, 6) is -1.52. The van der Waals surface area contributed by atoms with Gasteiger partial charge in [-0.25, -0.2) is 18.7 Å². The molecule has 1 aromatic heterocycles. The number of hydrogen-bond donors (Lipinski definition) is 1. The number of halogens is 2. The number of hydrogen-bond acceptors (Lipinski definition) is 5. The van der Waals surface area contributed by atoms with Gasteiger partial charge in [0.05, 0.1) is 4.92 Å². The maximum absolute atomic E-state index is 13.8. The quantitative estimate of drug-likeness (QED) is 0.676. The molecule has 0 unspecified atom stereocenters. The van der Waals surface area contributed by atoms with E-state index in [1.165, 1.54) is 0 Å². The monoisotopic (exact) mass is 294 g/mol. The molecule has 6 nitrogen and oxygen atoms in total. The molecule has 0 aliphatic carbocycles. The van der Waals surface area contributed by atoms with Gasteiger partial charge in [-0.3, -0.25) is 10.1 Å². The molecule has 1 N–H and O–H groups in total. The molecule has 1 aromatic carbocycles. The van der Waals surface area contributed by atoms with Gasteiger partial charge in [-0.2, -0.15) is 0 Å². The molecular weight excluding hydrogens is 282 g/mol. The summed E-state index contributed by atoms with van der Waals surface area (Å²) >= 11 is 0. The molecule has 2 aromatic rings. The number of anilines is 1. The third-order valence-electron chi connectivity index (χ3n) is 2.73. The van der Waals surface area contributed by atoms with Crippen LogP contribution in [0.2, 0.25) is 0 Å². The zero-order chi connectivity index (χ0) is 15.4. The average molecular weight is 294 g/mol. The molecule has 110 valence electrons. The van der Waals surface area contributed by atoms with Gasteiger partial charge >= 0.3 is 5.69 Å². The lowest BCUT2D eigenvalue weighted by atomic mass is 10.1. The van der Waals surface area contributed by atoms with E-state index in [9.17, 15) is 18.9 Å². The van der Waals surface area contributed by atoms with E-state index in [0.717, 1.165) is 30.9 Å². The molecule has 0 aliphatic heterocycles. The van der Waals surface area contributed by atoms with Crippen molar-refractivity contribution in [3.8, 4) is 11.3 Å². The minimum absolute atomic E-state index is 0.0180. The summed E-state index contributed by atoms with van der Waals surface area (Å²) in [5.41, 5.74) is -1.01. The van der Waals surface area contributed by atoms with E-state index < -0.39 is 22.2 Å². The molecule has 0 radical (unpaired) electrons. The first-order chi connectivity index (χ1) is 10.0. The van der Waals surface area contributed by atoms with Crippen molar-refractivity contribution < 1.29 is 13.7 Å². The molecule has 0 amide bonds. The molecule has 1 heterocycles. The fourth-order valence-electron chi connectivity index (χ4n) is 1.80. The van der Waals surface area contributed by atoms with Crippen molar-refractivity contribution in [3.05, 3.63) is 46.3 Å². The second-order valence-corrected chi connectivity index (χ2v) is 4.23. The Morgan fingerprint density at radius 1 is 1.33 bits per heavy atom. The SMILES string of the molecule is CCCNc1ncnc(-c2cc(F)ccc2F)c1[N+](=O)[O-]. The molecule has 0 bridgehead atoms. The van der Waals surface area contributed by atoms with Crippen LogP contribution < -0.4 is 5.32 Å². The lowest BCUT2D eigenvalue weighted by Crippen LogP contribution is -2.08. The number of nitro groups is 1. The van der Waals surface area contributed by atoms with Gasteiger partial charge in [0.15, 0.2) is 5.69 Å². The Morgan fingerprint density at radius 2 is 2.10 bits per heavy atom. The minimum atomic E-state index is -0.792. The first-order valence-corrected chi connectivity index (χ1v) is 6.23. The molecule has 0 fully saturated rings. The largest absolute Gasteiger partial charge is 0.364 e. The van der Waals surface area contributed by atoms with E-state index in [1.54, 1.807) is 0 Å². The fourth-order valence-corrected chi connectivity index (χ4v) is 1.80. The molecule has 0 saturated carbocycles. The normalized spacial score (nSPS) is 10.4. The topological polar surface area (TPSA) is 81.0 Å². The smallest absolute Gasteiger partial charge is 0.337 e. The zero-order valence-corrected chi connectivity index (χ0v) is 11.1. The summed E-state index contributed by atoms with van der Waals surface area (Å²) in [5, 5.41) is 14.0. The van der Waals surface area contributed by atoms with Gasteiger partial charge in [-0.1, -0.05) is 6.92 Å². The molecule has 8 heteroatoms. The molecule has 2 rings (SSSR count). The molecule has 21 heavy (non-hydrogen) atoms. The van der Waals surface area contributed by atoms with Crippen molar-refractivity contribution in [2.45, 2.75) is 13.3 Å². The Bertz CT molecular complexity index is 679. The van der Waals surface area contributed by atoms with Crippen molar-refractivity contribution in [2.24, 2.45) is 0 Å². The number of rotatable bonds is 5. The number of benzene rings is 1. The van der Waals surface area contributed by atoms with Gasteiger partial charge in [0.25, 0.3) is 0 Å². The Balaban J connectivity index is 2.62. The lowest BCUT2D eigenvalue weighted by molar-refractivity contribution is -0.383. The van der Waals surface area contributed by atoms with E-state index in [1.807, 2.05) is 6.92 Å². The van der Waals surface area contributed by atoms with E-state index >= 15 is 0 Å². The highest BCUT2D eigenvalue weighted by Gasteiger charge is 2.25. The van der Waals surface area contributed by atoms with Crippen LogP contribution in [0.15, 0.2) is 24.5 Å². The second kappa shape index (κ2) is 6.21. The highest BCUT2D eigenvalue weighted by Crippen LogP contribution is 2.34. The number of aromatic nitrogens is 2. The summed E-state index contributed by atoms with van der Waals surface area (Å²) in [7, 11) is 0. The number of nitrogens with zero attached hydrogens (tertiary/aromatic N) is 3. The molecule has 0 saturated heterocycles. The van der Waals surface area contributed by atoms with Crippen LogP contribution >= 0.6 is 0 Å². The van der Waals surface area contributed by atoms with E-state index in [2.05, 4.69) is 15.3 Å². The third kappa shape index (κ3) is 3.10. The molecule has 0 spiro atoms. The van der Waals surface area contributed by atoms with Crippen LogP contribution in [-0.4, -0.2) is 21.4 Å². The average Bonchev–Trinajstić information content (AvgIpc) is 2.47.